The van der Waals surface area contributed by atoms with Gasteiger partial charge in [-0.15, -0.1) is 0 Å². The van der Waals surface area contributed by atoms with Crippen LogP contribution in [0, 0.1) is 0 Å². The Morgan fingerprint density at radius 2 is 1.67 bits per heavy atom. The first-order valence-electron chi connectivity index (χ1n) is 8.83. The van der Waals surface area contributed by atoms with Gasteiger partial charge in [-0.25, -0.2) is 0 Å². The van der Waals surface area contributed by atoms with Crippen molar-refractivity contribution in [1.82, 2.24) is 0 Å². The smallest absolute Gasteiger partial charge is 0.230 e. The molecule has 144 valence electrons. The minimum absolute atomic E-state index is 0.153. The van der Waals surface area contributed by atoms with Crippen LogP contribution in [0.5, 0.6) is 0 Å². The number of aliphatic carboxylic acids is 1. The van der Waals surface area contributed by atoms with E-state index in [9.17, 15) is 14.7 Å². The topological polar surface area (TPSA) is 107 Å². The fourth-order valence-electron chi connectivity index (χ4n) is 2.55. The highest BCUT2D eigenvalue weighted by molar-refractivity contribution is 5.93. The first-order valence-corrected chi connectivity index (χ1v) is 8.83. The molecule has 0 saturated carbocycles. The van der Waals surface area contributed by atoms with Crippen LogP contribution in [0.25, 0.3) is 0 Å². The molecule has 2 aromatic carbocycles. The van der Waals surface area contributed by atoms with Gasteiger partial charge in [0, 0.05) is 30.6 Å². The first-order chi connectivity index (χ1) is 13.1. The summed E-state index contributed by atoms with van der Waals surface area (Å²) in [5, 5.41) is 18.8. The number of amides is 1. The average molecular weight is 371 g/mol. The molecule has 0 aliphatic heterocycles. The Hall–Kier alpha value is -2.90. The van der Waals surface area contributed by atoms with E-state index in [1.165, 1.54) is 0 Å². The summed E-state index contributed by atoms with van der Waals surface area (Å²) in [6, 6.07) is 16.0. The van der Waals surface area contributed by atoms with Crippen molar-refractivity contribution >= 4 is 28.9 Å². The zero-order chi connectivity index (χ0) is 19.5. The average Bonchev–Trinajstić information content (AvgIpc) is 2.66. The molecular weight excluding hydrogens is 346 g/mol. The normalized spacial score (nSPS) is 11.6. The molecule has 7 heteroatoms. The van der Waals surface area contributed by atoms with Gasteiger partial charge >= 0.3 is 0 Å². The molecule has 0 aliphatic rings. The van der Waals surface area contributed by atoms with Crippen LogP contribution in [0.1, 0.15) is 12.8 Å². The molecule has 0 unspecified atom stereocenters. The molecule has 2 aromatic rings. The lowest BCUT2D eigenvalue weighted by molar-refractivity contribution is -0.682. The van der Waals surface area contributed by atoms with Crippen LogP contribution in [-0.4, -0.2) is 38.2 Å². The number of nitrogens with one attached hydrogen (secondary N) is 2. The van der Waals surface area contributed by atoms with Crippen molar-refractivity contribution < 1.29 is 24.7 Å². The van der Waals surface area contributed by atoms with E-state index in [0.29, 0.717) is 25.3 Å². The molecule has 1 amide bonds. The molecule has 0 aliphatic carbocycles. The molecule has 7 nitrogen and oxygen atoms in total. The van der Waals surface area contributed by atoms with E-state index >= 15 is 0 Å². The number of methoxy groups -OCH3 is 1. The van der Waals surface area contributed by atoms with Crippen molar-refractivity contribution in [2.24, 2.45) is 0 Å². The van der Waals surface area contributed by atoms with Crippen molar-refractivity contribution in [1.29, 1.82) is 0 Å². The Bertz CT molecular complexity index is 720. The Balaban J connectivity index is 1.84. The number of carboxylic acids is 1. The van der Waals surface area contributed by atoms with Gasteiger partial charge in [0.05, 0.1) is 25.5 Å². The summed E-state index contributed by atoms with van der Waals surface area (Å²) in [5.74, 6) is -1.61. The van der Waals surface area contributed by atoms with Crippen molar-refractivity contribution in [3.05, 3.63) is 54.6 Å². The second-order valence-electron chi connectivity index (χ2n) is 6.12. The maximum atomic E-state index is 12.1. The van der Waals surface area contributed by atoms with E-state index in [4.69, 9.17) is 4.74 Å². The maximum absolute atomic E-state index is 12.1. The van der Waals surface area contributed by atoms with Gasteiger partial charge in [0.2, 0.25) is 5.91 Å². The van der Waals surface area contributed by atoms with Gasteiger partial charge in [0.25, 0.3) is 0 Å². The van der Waals surface area contributed by atoms with Crippen LogP contribution >= 0.6 is 0 Å². The van der Waals surface area contributed by atoms with Crippen molar-refractivity contribution in [3.63, 3.8) is 0 Å². The lowest BCUT2D eigenvalue weighted by atomic mass is 10.2. The second kappa shape index (κ2) is 10.9. The molecule has 27 heavy (non-hydrogen) atoms. The number of anilines is 3. The lowest BCUT2D eigenvalue weighted by Gasteiger charge is -2.16. The molecule has 0 bridgehead atoms. The summed E-state index contributed by atoms with van der Waals surface area (Å²) in [4.78, 5) is 23.3. The van der Waals surface area contributed by atoms with E-state index in [2.05, 4.69) is 10.6 Å². The number of quaternary nitrogens is 1. The Morgan fingerprint density at radius 3 is 2.30 bits per heavy atom. The summed E-state index contributed by atoms with van der Waals surface area (Å²) >= 11 is 0. The Labute approximate surface area is 158 Å². The number of carboxylic acid groups (broad SMARTS) is 1. The van der Waals surface area contributed by atoms with Crippen molar-refractivity contribution in [2.75, 3.05) is 30.9 Å². The number of carbonyl (C=O) groups excluding carboxylic acids is 2. The van der Waals surface area contributed by atoms with Gasteiger partial charge < -0.3 is 30.6 Å². The molecule has 4 N–H and O–H groups in total. The van der Waals surface area contributed by atoms with Crippen LogP contribution < -0.4 is 21.1 Å². The van der Waals surface area contributed by atoms with Gasteiger partial charge in [-0.2, -0.15) is 0 Å². The maximum Gasteiger partial charge on any atom is 0.230 e. The van der Waals surface area contributed by atoms with E-state index < -0.39 is 12.0 Å². The lowest BCUT2D eigenvalue weighted by Crippen LogP contribution is -2.93. The van der Waals surface area contributed by atoms with E-state index in [0.717, 1.165) is 11.4 Å². The predicted octanol–water partition coefficient (Wildman–Crippen LogP) is 0.477. The summed E-state index contributed by atoms with van der Waals surface area (Å²) in [6.07, 6.45) is 0.553. The van der Waals surface area contributed by atoms with Crippen LogP contribution in [0.4, 0.5) is 17.1 Å². The summed E-state index contributed by atoms with van der Waals surface area (Å²) in [5.41, 5.74) is 2.46. The van der Waals surface area contributed by atoms with E-state index in [-0.39, 0.29) is 12.3 Å². The molecule has 1 atom stereocenters. The van der Waals surface area contributed by atoms with Crippen LogP contribution in [0.3, 0.4) is 0 Å². The predicted molar refractivity (Wildman–Crippen MR) is 101 cm³/mol. The number of nitrogens with two attached hydrogens (primary N) is 1. The first kappa shape index (κ1) is 20.4. The van der Waals surface area contributed by atoms with Gasteiger partial charge in [0.15, 0.2) is 0 Å². The summed E-state index contributed by atoms with van der Waals surface area (Å²) in [6.45, 7) is 1.10. The molecule has 0 heterocycles. The minimum atomic E-state index is -1.25. The fraction of sp³-hybridized carbons (Fsp3) is 0.300. The van der Waals surface area contributed by atoms with Gasteiger partial charge in [0.1, 0.15) is 6.04 Å². The van der Waals surface area contributed by atoms with Crippen LogP contribution in [-0.2, 0) is 14.3 Å². The number of hydrogen-bond acceptors (Lipinski definition) is 5. The number of rotatable bonds is 11. The minimum Gasteiger partial charge on any atom is -0.544 e. The van der Waals surface area contributed by atoms with E-state index in [1.54, 1.807) is 24.6 Å². The third-order valence-corrected chi connectivity index (χ3v) is 3.94. The Morgan fingerprint density at radius 1 is 1.04 bits per heavy atom. The number of carbonyl (C=O) groups is 2. The van der Waals surface area contributed by atoms with Gasteiger partial charge in [-0.3, -0.25) is 4.79 Å². The standard InChI is InChI=1S/C20H25N3O4/c1-27-13-5-12-21-18(20(25)26)14-19(24)23-17-10-8-16(9-11-17)22-15-6-3-2-4-7-15/h2-4,6-11,18,21-22H,5,12-14H2,1H3,(H,23,24)(H,25,26)/t18-/m1/s1. The van der Waals surface area contributed by atoms with Gasteiger partial charge in [-0.1, -0.05) is 18.2 Å². The largest absolute Gasteiger partial charge is 0.544 e. The quantitative estimate of drug-likeness (QED) is 0.498. The summed E-state index contributed by atoms with van der Waals surface area (Å²) < 4.78 is 4.92. The molecule has 0 spiro atoms. The molecule has 0 radical (unpaired) electrons. The van der Waals surface area contributed by atoms with Gasteiger partial charge in [-0.05, 0) is 36.4 Å². The third-order valence-electron chi connectivity index (χ3n) is 3.94. The molecule has 2 rings (SSSR count). The monoisotopic (exact) mass is 371 g/mol. The van der Waals surface area contributed by atoms with Crippen LogP contribution in [0.15, 0.2) is 54.6 Å². The number of para-hydroxylation sites is 1. The molecular formula is C20H25N3O4. The van der Waals surface area contributed by atoms with E-state index in [1.807, 2.05) is 42.5 Å². The van der Waals surface area contributed by atoms with Crippen LogP contribution in [0.2, 0.25) is 0 Å². The fourth-order valence-corrected chi connectivity index (χ4v) is 2.55. The second-order valence-corrected chi connectivity index (χ2v) is 6.12. The molecule has 0 saturated heterocycles. The Kier molecular flexibility index (Phi) is 8.28. The van der Waals surface area contributed by atoms with Crippen molar-refractivity contribution in [2.45, 2.75) is 18.9 Å². The number of hydrogen-bond donors (Lipinski definition) is 3. The number of ether oxygens (including phenoxy) is 1. The van der Waals surface area contributed by atoms with Crippen molar-refractivity contribution in [3.8, 4) is 0 Å². The zero-order valence-corrected chi connectivity index (χ0v) is 15.3. The molecule has 0 aromatic heterocycles. The highest BCUT2D eigenvalue weighted by Crippen LogP contribution is 2.18. The SMILES string of the molecule is COCCC[NH2+][C@H](CC(=O)Nc1ccc(Nc2ccccc2)cc1)C(=O)[O-]. The zero-order valence-electron chi connectivity index (χ0n) is 15.3. The highest BCUT2D eigenvalue weighted by Gasteiger charge is 2.18. The highest BCUT2D eigenvalue weighted by atomic mass is 16.5. The molecule has 0 fully saturated rings. The third kappa shape index (κ3) is 7.47. The summed E-state index contributed by atoms with van der Waals surface area (Å²) in [7, 11) is 1.59. The number of benzene rings is 2.